The highest BCUT2D eigenvalue weighted by Gasteiger charge is 2.25. The van der Waals surface area contributed by atoms with Crippen LogP contribution in [0.1, 0.15) is 22.8 Å². The number of nitrogens with zero attached hydrogens (tertiary/aromatic N) is 6. The summed E-state index contributed by atoms with van der Waals surface area (Å²) in [6.45, 7) is 0. The second-order valence-electron chi connectivity index (χ2n) is 18.3. The molecule has 13 heterocycles. The molecule has 16 heteroatoms. The summed E-state index contributed by atoms with van der Waals surface area (Å²) in [6, 6.07) is 32.8. The van der Waals surface area contributed by atoms with E-state index in [1.54, 1.807) is 25.1 Å². The van der Waals surface area contributed by atoms with Gasteiger partial charge in [-0.1, -0.05) is 0 Å². The molecule has 0 spiro atoms. The fraction of sp³-hybridized carbons (Fsp3) is 0.0667. The zero-order chi connectivity index (χ0) is 48.5. The predicted octanol–water partition coefficient (Wildman–Crippen LogP) is -0.322. The number of nitrogens with one attached hydrogen (secondary N) is 2. The minimum absolute atomic E-state index is 0. The Bertz CT molecular complexity index is 3980. The molecule has 8 bridgehead atoms. The van der Waals surface area contributed by atoms with Gasteiger partial charge < -0.3 is 77.3 Å². The molecular weight excluding hydrogens is 1040 g/mol. The minimum atomic E-state index is 0. The molecule has 2 N–H and O–H groups in total. The first-order valence-corrected chi connectivity index (χ1v) is 23.6. The molecule has 0 unspecified atom stereocenters. The third kappa shape index (κ3) is 9.71. The molecule has 0 radical (unpaired) electrons. The first kappa shape index (κ1) is 52.3. The lowest BCUT2D eigenvalue weighted by molar-refractivity contribution is -0.670. The quantitative estimate of drug-likeness (QED) is 0.201. The Kier molecular flexibility index (Phi) is 14.7. The third-order valence-corrected chi connectivity index (χ3v) is 13.1. The molecule has 0 aliphatic carbocycles. The van der Waals surface area contributed by atoms with Gasteiger partial charge in [-0.15, -0.1) is 0 Å². The fourth-order valence-electron chi connectivity index (χ4n) is 10.2. The molecule has 0 aromatic carbocycles. The van der Waals surface area contributed by atoms with E-state index in [-0.39, 0.29) is 49.6 Å². The number of aromatic nitrogens is 8. The smallest absolute Gasteiger partial charge is 0.179 e. The fourth-order valence-corrected chi connectivity index (χ4v) is 10.2. The summed E-state index contributed by atoms with van der Waals surface area (Å²) in [5.74, 6) is 3.07. The van der Waals surface area contributed by atoms with Crippen LogP contribution in [0, 0.1) is 0 Å². The summed E-state index contributed by atoms with van der Waals surface area (Å²) in [7, 11) is 8.13. The number of rotatable bonds is 8. The van der Waals surface area contributed by atoms with E-state index in [4.69, 9.17) is 27.6 Å². The van der Waals surface area contributed by atoms with Crippen molar-refractivity contribution < 1.29 is 85.6 Å². The Labute approximate surface area is 461 Å². The van der Waals surface area contributed by atoms with Crippen molar-refractivity contribution in [1.29, 1.82) is 0 Å². The lowest BCUT2D eigenvalue weighted by Gasteiger charge is -2.07. The van der Waals surface area contributed by atoms with E-state index >= 15 is 0 Å². The second-order valence-corrected chi connectivity index (χ2v) is 18.3. The Morgan fingerprint density at radius 2 is 0.566 bits per heavy atom. The van der Waals surface area contributed by atoms with Crippen LogP contribution in [0.25, 0.3) is 136 Å². The Morgan fingerprint density at radius 1 is 0.316 bits per heavy atom. The number of furan rings is 4. The summed E-state index contributed by atoms with van der Waals surface area (Å²) in [5.41, 5.74) is 17.8. The van der Waals surface area contributed by atoms with Crippen LogP contribution in [-0.4, -0.2) is 19.9 Å². The number of H-pyrrole nitrogens is 2. The maximum atomic E-state index is 5.96. The largest absolute Gasteiger partial charge is 1.00 e. The Balaban J connectivity index is 0.00000176. The number of pyridine rings is 4. The van der Waals surface area contributed by atoms with Gasteiger partial charge in [0.05, 0.1) is 92.3 Å². The molecule has 13 rings (SSSR count). The molecule has 378 valence electrons. The maximum absolute atomic E-state index is 5.96. The van der Waals surface area contributed by atoms with E-state index in [0.29, 0.717) is 0 Å². The Morgan fingerprint density at radius 3 is 0.855 bits per heavy atom. The van der Waals surface area contributed by atoms with E-state index in [2.05, 4.69) is 151 Å². The van der Waals surface area contributed by atoms with Gasteiger partial charge in [-0.3, -0.25) is 0 Å². The average Bonchev–Trinajstić information content (AvgIpc) is 4.21. The zero-order valence-electron chi connectivity index (χ0n) is 41.3. The van der Waals surface area contributed by atoms with E-state index in [0.717, 1.165) is 135 Å². The normalized spacial score (nSPS) is 11.4. The zero-order valence-corrected chi connectivity index (χ0v) is 44.3. The van der Waals surface area contributed by atoms with Crippen LogP contribution in [0.2, 0.25) is 0 Å². The highest BCUT2D eigenvalue weighted by molar-refractivity contribution is 6.00. The molecule has 0 saturated heterocycles. The topological polar surface area (TPSA) is 125 Å². The first-order valence-electron chi connectivity index (χ1n) is 23.6. The van der Waals surface area contributed by atoms with Gasteiger partial charge >= 0.3 is 0 Å². The average molecular weight is 1080 g/mol. The minimum Gasteiger partial charge on any atom is -1.00 e. The van der Waals surface area contributed by atoms with Gasteiger partial charge in [-0.05, 0) is 121 Å². The van der Waals surface area contributed by atoms with Crippen LogP contribution in [0.5, 0.6) is 0 Å². The summed E-state index contributed by atoms with van der Waals surface area (Å²) in [6.07, 6.45) is 32.0. The highest BCUT2D eigenvalue weighted by Crippen LogP contribution is 2.40. The Hall–Kier alpha value is -8.52. The molecule has 11 aromatic rings. The van der Waals surface area contributed by atoms with Crippen LogP contribution in [0.15, 0.2) is 189 Å². The van der Waals surface area contributed by atoms with Crippen molar-refractivity contribution >= 4 is 46.4 Å². The highest BCUT2D eigenvalue weighted by atomic mass is 35.5. The van der Waals surface area contributed by atoms with Crippen LogP contribution in [0.3, 0.4) is 0 Å². The summed E-state index contributed by atoms with van der Waals surface area (Å²) < 4.78 is 32.1. The molecule has 0 saturated carbocycles. The predicted molar refractivity (Wildman–Crippen MR) is 276 cm³/mol. The number of hydrogen-bond donors (Lipinski definition) is 2. The maximum Gasteiger partial charge on any atom is 0.179 e. The number of fused-ring (bicyclic) bond motifs is 8. The van der Waals surface area contributed by atoms with E-state index in [1.165, 1.54) is 0 Å². The van der Waals surface area contributed by atoms with Crippen molar-refractivity contribution in [2.24, 2.45) is 28.2 Å². The van der Waals surface area contributed by atoms with Crippen molar-refractivity contribution in [3.8, 4) is 89.8 Å². The first-order chi connectivity index (χ1) is 35.2. The third-order valence-electron chi connectivity index (χ3n) is 13.1. The summed E-state index contributed by atoms with van der Waals surface area (Å²) in [4.78, 5) is 19.0. The van der Waals surface area contributed by atoms with Gasteiger partial charge in [0.1, 0.15) is 51.2 Å². The van der Waals surface area contributed by atoms with Crippen molar-refractivity contribution in [1.82, 2.24) is 19.9 Å². The molecule has 76 heavy (non-hydrogen) atoms. The van der Waals surface area contributed by atoms with Crippen molar-refractivity contribution in [3.63, 3.8) is 0 Å². The van der Waals surface area contributed by atoms with E-state index < -0.39 is 0 Å². The summed E-state index contributed by atoms with van der Waals surface area (Å²) >= 11 is 0. The van der Waals surface area contributed by atoms with Crippen LogP contribution in [-0.2, 0) is 28.2 Å². The van der Waals surface area contributed by atoms with Gasteiger partial charge in [0.15, 0.2) is 49.6 Å². The lowest BCUT2D eigenvalue weighted by atomic mass is 10.0. The van der Waals surface area contributed by atoms with Crippen LogP contribution < -0.4 is 67.9 Å². The molecule has 11 aromatic heterocycles. The van der Waals surface area contributed by atoms with Gasteiger partial charge in [0.25, 0.3) is 0 Å². The monoisotopic (exact) mass is 1080 g/mol. The van der Waals surface area contributed by atoms with Gasteiger partial charge in [-0.2, -0.15) is 0 Å². The van der Waals surface area contributed by atoms with Crippen molar-refractivity contribution in [2.45, 2.75) is 0 Å². The standard InChI is InChI=1S/C60H46N8O4.4ClH/c1-65-29-37(53-9-5-21-69-53)25-41(33-65)57-45-13-15-47(61-45)58(42-26-38(30-66(2)34-42)54-10-6-22-70-54)49-17-19-51(63-49)60(44-28-40(32-68(4)36-44)56-12-8-24-72-56)52-20-18-50(64-52)59(48-16-14-46(57)62-48)43-27-39(31-67(3)35-43)55-11-7-23-71-55;;;;/h5-36,61-62H,1-4H3;4*1H/q+4;;;;/p-4. The second kappa shape index (κ2) is 21.4. The van der Waals surface area contributed by atoms with E-state index in [1.807, 2.05) is 76.7 Å². The van der Waals surface area contributed by atoms with E-state index in [9.17, 15) is 0 Å². The SMILES string of the molecule is C[n+]1cc(-c2ccco2)cc(-c2c3nc(c(-c4cc(-c5ccco5)c[n+](C)c4)c4ccc([nH]4)c(-c4cc(-c5ccco5)c[n+](C)c4)c4ccc([nH]4)c(-c4cc(-c5ccco5)c[n+](C)c4)c4nc2C=C4)C=C3)c1.[Cl-].[Cl-].[Cl-].[Cl-]. The molecule has 2 aliphatic heterocycles. The van der Waals surface area contributed by atoms with Crippen LogP contribution >= 0.6 is 0 Å². The van der Waals surface area contributed by atoms with Gasteiger partial charge in [-0.25, -0.2) is 28.2 Å². The van der Waals surface area contributed by atoms with Gasteiger partial charge in [0.2, 0.25) is 0 Å². The molecule has 12 nitrogen and oxygen atoms in total. The molecule has 0 fully saturated rings. The molecule has 0 atom stereocenters. The van der Waals surface area contributed by atoms with Crippen LogP contribution in [0.4, 0.5) is 0 Å². The number of aromatic amines is 2. The number of halogens is 4. The molecule has 2 aliphatic rings. The lowest BCUT2D eigenvalue weighted by Crippen LogP contribution is -3.00. The van der Waals surface area contributed by atoms with Crippen molar-refractivity contribution in [2.75, 3.05) is 0 Å². The number of aryl methyl sites for hydroxylation is 4. The molecular formula is C60H46Cl4N8O4. The van der Waals surface area contributed by atoms with Crippen molar-refractivity contribution in [3.05, 3.63) is 194 Å². The number of hydrogen-bond acceptors (Lipinski definition) is 6. The molecule has 0 amide bonds. The van der Waals surface area contributed by atoms with Gasteiger partial charge in [0, 0.05) is 44.3 Å². The summed E-state index contributed by atoms with van der Waals surface area (Å²) in [5, 5.41) is 0.